The van der Waals surface area contributed by atoms with Crippen molar-refractivity contribution in [3.05, 3.63) is 0 Å². The topological polar surface area (TPSA) is 47.9 Å². The van der Waals surface area contributed by atoms with E-state index in [1.54, 1.807) is 7.11 Å². The van der Waals surface area contributed by atoms with E-state index in [2.05, 4.69) is 0 Å². The van der Waals surface area contributed by atoms with Gasteiger partial charge in [0, 0.05) is 13.7 Å². The third-order valence-electron chi connectivity index (χ3n) is 2.65. The number of rotatable bonds is 9. The second-order valence-electron chi connectivity index (χ2n) is 5.12. The van der Waals surface area contributed by atoms with Crippen molar-refractivity contribution in [2.45, 2.75) is 51.7 Å². The van der Waals surface area contributed by atoms with Gasteiger partial charge in [0.1, 0.15) is 6.79 Å². The predicted octanol–water partition coefficient (Wildman–Crippen LogP) is 1.95. The molecule has 0 spiro atoms. The highest BCUT2D eigenvalue weighted by Crippen LogP contribution is 2.15. The van der Waals surface area contributed by atoms with Crippen molar-refractivity contribution in [1.29, 1.82) is 0 Å². The summed E-state index contributed by atoms with van der Waals surface area (Å²) in [4.78, 5) is 0. The number of hydrogen-bond acceptors (Lipinski definition) is 4. The summed E-state index contributed by atoms with van der Waals surface area (Å²) in [5, 5.41) is 8.81. The smallest absolute Gasteiger partial charge is 0.147 e. The lowest BCUT2D eigenvalue weighted by molar-refractivity contribution is -0.139. The molecule has 0 fully saturated rings. The summed E-state index contributed by atoms with van der Waals surface area (Å²) >= 11 is 0. The van der Waals surface area contributed by atoms with Crippen molar-refractivity contribution in [1.82, 2.24) is 0 Å². The number of aliphatic hydroxyl groups is 1. The highest BCUT2D eigenvalue weighted by atomic mass is 16.7. The van der Waals surface area contributed by atoms with Gasteiger partial charge in [-0.15, -0.1) is 0 Å². The molecule has 98 valence electrons. The summed E-state index contributed by atoms with van der Waals surface area (Å²) in [6, 6.07) is 0. The van der Waals surface area contributed by atoms with E-state index in [0.717, 1.165) is 6.42 Å². The molecule has 0 aromatic rings. The van der Waals surface area contributed by atoms with Gasteiger partial charge in [-0.1, -0.05) is 0 Å². The van der Waals surface area contributed by atoms with Crippen LogP contribution in [0.2, 0.25) is 0 Å². The van der Waals surface area contributed by atoms with Crippen LogP contribution in [0.3, 0.4) is 0 Å². The van der Waals surface area contributed by atoms with Crippen LogP contribution in [0.4, 0.5) is 0 Å². The lowest BCUT2D eigenvalue weighted by atomic mass is 10.1. The first-order valence-corrected chi connectivity index (χ1v) is 5.71. The van der Waals surface area contributed by atoms with Gasteiger partial charge in [0.2, 0.25) is 0 Å². The minimum absolute atomic E-state index is 0.129. The quantitative estimate of drug-likeness (QED) is 0.489. The van der Waals surface area contributed by atoms with Crippen molar-refractivity contribution in [3.63, 3.8) is 0 Å². The van der Waals surface area contributed by atoms with E-state index in [4.69, 9.17) is 19.3 Å². The number of hydrogen-bond donors (Lipinski definition) is 1. The molecule has 16 heavy (non-hydrogen) atoms. The molecule has 0 unspecified atom stereocenters. The van der Waals surface area contributed by atoms with Gasteiger partial charge < -0.3 is 19.3 Å². The third kappa shape index (κ3) is 8.05. The Kier molecular flexibility index (Phi) is 7.15. The van der Waals surface area contributed by atoms with E-state index in [0.29, 0.717) is 13.0 Å². The molecule has 0 rings (SSSR count). The number of aliphatic hydroxyl groups excluding tert-OH is 1. The maximum absolute atomic E-state index is 8.81. The molecule has 0 amide bonds. The minimum atomic E-state index is -0.328. The van der Waals surface area contributed by atoms with Crippen molar-refractivity contribution in [2.75, 3.05) is 27.1 Å². The van der Waals surface area contributed by atoms with Crippen molar-refractivity contribution >= 4 is 0 Å². The maximum atomic E-state index is 8.81. The van der Waals surface area contributed by atoms with Gasteiger partial charge in [-0.25, -0.2) is 0 Å². The van der Waals surface area contributed by atoms with Crippen LogP contribution in [0.25, 0.3) is 0 Å². The Hall–Kier alpha value is -0.160. The molecule has 0 radical (unpaired) electrons. The molecule has 0 heterocycles. The first kappa shape index (κ1) is 15.8. The van der Waals surface area contributed by atoms with Crippen LogP contribution in [-0.2, 0) is 14.2 Å². The Balaban J connectivity index is 3.54. The van der Waals surface area contributed by atoms with Gasteiger partial charge in [-0.3, -0.25) is 0 Å². The fourth-order valence-electron chi connectivity index (χ4n) is 1.02. The Morgan fingerprint density at radius 3 is 2.12 bits per heavy atom. The standard InChI is InChI=1S/C12H26O4/c1-11(2,14-5)7-9-15-10-16-12(3,4)6-8-13/h13H,6-10H2,1-5H3. The van der Waals surface area contributed by atoms with Crippen LogP contribution < -0.4 is 0 Å². The molecule has 0 aliphatic rings. The molecule has 4 heteroatoms. The molecule has 0 aliphatic carbocycles. The normalized spacial score (nSPS) is 13.1. The molecular weight excluding hydrogens is 208 g/mol. The minimum Gasteiger partial charge on any atom is -0.396 e. The SMILES string of the molecule is COC(C)(C)CCOCOC(C)(C)CCO. The summed E-state index contributed by atoms with van der Waals surface area (Å²) in [6.45, 7) is 8.91. The lowest BCUT2D eigenvalue weighted by Gasteiger charge is -2.25. The highest BCUT2D eigenvalue weighted by molar-refractivity contribution is 4.67. The Morgan fingerprint density at radius 2 is 1.62 bits per heavy atom. The summed E-state index contributed by atoms with van der Waals surface area (Å²) in [5.41, 5.74) is -0.480. The van der Waals surface area contributed by atoms with Crippen LogP contribution in [0.15, 0.2) is 0 Å². The van der Waals surface area contributed by atoms with Crippen molar-refractivity contribution in [2.24, 2.45) is 0 Å². The zero-order chi connectivity index (χ0) is 12.7. The van der Waals surface area contributed by atoms with E-state index in [1.807, 2.05) is 27.7 Å². The van der Waals surface area contributed by atoms with E-state index >= 15 is 0 Å². The monoisotopic (exact) mass is 234 g/mol. The van der Waals surface area contributed by atoms with Gasteiger partial charge in [-0.05, 0) is 40.5 Å². The van der Waals surface area contributed by atoms with E-state index in [9.17, 15) is 0 Å². The Morgan fingerprint density at radius 1 is 1.00 bits per heavy atom. The first-order valence-electron chi connectivity index (χ1n) is 5.71. The first-order chi connectivity index (χ1) is 7.33. The molecule has 0 atom stereocenters. The average molecular weight is 234 g/mol. The molecule has 0 aliphatic heterocycles. The Bertz CT molecular complexity index is 178. The zero-order valence-corrected chi connectivity index (χ0v) is 11.2. The van der Waals surface area contributed by atoms with Crippen LogP contribution in [0.1, 0.15) is 40.5 Å². The van der Waals surface area contributed by atoms with E-state index < -0.39 is 0 Å². The summed E-state index contributed by atoms with van der Waals surface area (Å²) in [6.07, 6.45) is 1.44. The molecular formula is C12H26O4. The second-order valence-corrected chi connectivity index (χ2v) is 5.12. The van der Waals surface area contributed by atoms with E-state index in [-0.39, 0.29) is 24.6 Å². The predicted molar refractivity (Wildman–Crippen MR) is 63.4 cm³/mol. The third-order valence-corrected chi connectivity index (χ3v) is 2.65. The van der Waals surface area contributed by atoms with Crippen LogP contribution in [0, 0.1) is 0 Å². The average Bonchev–Trinajstić information content (AvgIpc) is 2.17. The molecule has 0 aromatic heterocycles. The van der Waals surface area contributed by atoms with Gasteiger partial charge in [0.15, 0.2) is 0 Å². The van der Waals surface area contributed by atoms with Crippen LogP contribution in [0.5, 0.6) is 0 Å². The molecule has 0 bridgehead atoms. The van der Waals surface area contributed by atoms with Gasteiger partial charge >= 0.3 is 0 Å². The van der Waals surface area contributed by atoms with Gasteiger partial charge in [0.25, 0.3) is 0 Å². The number of methoxy groups -OCH3 is 1. The van der Waals surface area contributed by atoms with Crippen molar-refractivity contribution < 1.29 is 19.3 Å². The lowest BCUT2D eigenvalue weighted by Crippen LogP contribution is -2.28. The zero-order valence-electron chi connectivity index (χ0n) is 11.2. The Labute approximate surface area is 98.9 Å². The fourth-order valence-corrected chi connectivity index (χ4v) is 1.02. The van der Waals surface area contributed by atoms with E-state index in [1.165, 1.54) is 0 Å². The van der Waals surface area contributed by atoms with Gasteiger partial charge in [0.05, 0.1) is 17.8 Å². The summed E-state index contributed by atoms with van der Waals surface area (Å²) in [7, 11) is 1.70. The molecule has 0 saturated heterocycles. The second kappa shape index (κ2) is 7.22. The van der Waals surface area contributed by atoms with Crippen molar-refractivity contribution in [3.8, 4) is 0 Å². The molecule has 4 nitrogen and oxygen atoms in total. The summed E-state index contributed by atoms with van der Waals surface area (Å²) in [5.74, 6) is 0. The fraction of sp³-hybridized carbons (Fsp3) is 1.00. The maximum Gasteiger partial charge on any atom is 0.147 e. The summed E-state index contributed by atoms with van der Waals surface area (Å²) < 4.78 is 16.1. The molecule has 1 N–H and O–H groups in total. The van der Waals surface area contributed by atoms with Crippen LogP contribution in [-0.4, -0.2) is 43.4 Å². The molecule has 0 saturated carbocycles. The molecule has 0 aromatic carbocycles. The number of ether oxygens (including phenoxy) is 3. The largest absolute Gasteiger partial charge is 0.396 e. The highest BCUT2D eigenvalue weighted by Gasteiger charge is 2.18. The van der Waals surface area contributed by atoms with Gasteiger partial charge in [-0.2, -0.15) is 0 Å². The van der Waals surface area contributed by atoms with Crippen LogP contribution >= 0.6 is 0 Å².